The van der Waals surface area contributed by atoms with Crippen LogP contribution in [-0.4, -0.2) is 196 Å². The lowest BCUT2D eigenvalue weighted by molar-refractivity contribution is -0.333. The summed E-state index contributed by atoms with van der Waals surface area (Å²) in [6.45, 7) is 10.5. The molecule has 35 heteroatoms. The van der Waals surface area contributed by atoms with E-state index in [1.54, 1.807) is 6.92 Å². The predicted octanol–water partition coefficient (Wildman–Crippen LogP) is 3.76. The van der Waals surface area contributed by atoms with E-state index in [1.165, 1.54) is 70.2 Å². The fraction of sp³-hybridized carbons (Fsp3) is 0.500. The van der Waals surface area contributed by atoms with Crippen LogP contribution in [0.2, 0.25) is 10.0 Å². The normalized spacial score (nSPS) is 32.2. The fourth-order valence-electron chi connectivity index (χ4n) is 15.0. The van der Waals surface area contributed by atoms with Gasteiger partial charge in [0.25, 0.3) is 0 Å². The van der Waals surface area contributed by atoms with Crippen LogP contribution in [0.4, 0.5) is 0 Å². The molecule has 0 saturated carbocycles. The highest BCUT2D eigenvalue weighted by Crippen LogP contribution is 2.51. The number of phenols is 3. The minimum Gasteiger partial charge on any atom is -0.508 e. The number of aliphatic hydroxyl groups is 6. The molecule has 22 atom stereocenters. The Hall–Kier alpha value is -8.88. The number of aliphatic hydroxyl groups excluding tert-OH is 6. The summed E-state index contributed by atoms with van der Waals surface area (Å²) in [5, 5.41) is 124. The van der Waals surface area contributed by atoms with Gasteiger partial charge in [0, 0.05) is 71.9 Å². The summed E-state index contributed by atoms with van der Waals surface area (Å²) in [7, 11) is 0. The zero-order valence-electron chi connectivity index (χ0n) is 61.3. The number of hydrogen-bond donors (Lipinski definition) is 17. The van der Waals surface area contributed by atoms with Crippen molar-refractivity contribution in [1.82, 2.24) is 21.3 Å². The van der Waals surface area contributed by atoms with Gasteiger partial charge < -0.3 is 127 Å². The Kier molecular flexibility index (Phi) is 25.0. The van der Waals surface area contributed by atoms with Gasteiger partial charge in [-0.25, -0.2) is 4.79 Å². The van der Waals surface area contributed by atoms with E-state index in [1.807, 2.05) is 13.8 Å². The largest absolute Gasteiger partial charge is 0.508 e. The van der Waals surface area contributed by atoms with Crippen LogP contribution in [0.3, 0.4) is 0 Å². The molecule has 8 aliphatic rings. The van der Waals surface area contributed by atoms with Crippen LogP contribution in [0.5, 0.6) is 46.0 Å². The highest BCUT2D eigenvalue weighted by molar-refractivity contribution is 6.32. The van der Waals surface area contributed by atoms with E-state index in [0.717, 1.165) is 36.4 Å². The smallest absolute Gasteiger partial charge is 0.330 e. The van der Waals surface area contributed by atoms with Crippen molar-refractivity contribution in [3.05, 3.63) is 117 Å². The molecular formula is C76H91Cl2N7O26. The molecule has 111 heavy (non-hydrogen) atoms. The molecule has 5 aromatic carbocycles. The molecule has 8 aliphatic heterocycles. The molecule has 15 unspecified atom stereocenters. The number of halogens is 2. The van der Waals surface area contributed by atoms with E-state index in [4.69, 9.17) is 78.3 Å². The van der Waals surface area contributed by atoms with E-state index in [-0.39, 0.29) is 64.0 Å². The number of carbonyl (C=O) groups is 8. The van der Waals surface area contributed by atoms with Gasteiger partial charge in [-0.3, -0.25) is 33.6 Å². The average Bonchev–Trinajstić information content (AvgIpc) is 0.763. The van der Waals surface area contributed by atoms with Crippen molar-refractivity contribution in [2.24, 2.45) is 35.0 Å². The number of Topliss-reactive ketones (excluding diaryl/α,β-unsaturated/α-hetero) is 2. The second kappa shape index (κ2) is 33.4. The number of ether oxygens (including phenoxy) is 8. The minimum atomic E-state index is -2.27. The van der Waals surface area contributed by atoms with E-state index >= 15 is 24.0 Å². The summed E-state index contributed by atoms with van der Waals surface area (Å²) in [6, 6.07) is 5.97. The minimum absolute atomic E-state index is 0.0271. The number of benzene rings is 5. The Morgan fingerprint density at radius 1 is 0.685 bits per heavy atom. The first-order chi connectivity index (χ1) is 52.3. The van der Waals surface area contributed by atoms with Crippen LogP contribution < -0.4 is 52.7 Å². The van der Waals surface area contributed by atoms with Gasteiger partial charge in [-0.05, 0) is 123 Å². The predicted molar refractivity (Wildman–Crippen MR) is 389 cm³/mol. The topological polar surface area (TPSA) is 539 Å². The Morgan fingerprint density at radius 3 is 1.85 bits per heavy atom. The number of fused-ring (bicyclic) bond motifs is 15. The quantitative estimate of drug-likeness (QED) is 0.0709. The number of nitrogens with one attached hydrogen (secondary N) is 4. The summed E-state index contributed by atoms with van der Waals surface area (Å²) in [4.78, 5) is 120. The number of rotatable bonds is 15. The number of ketones is 2. The van der Waals surface area contributed by atoms with Gasteiger partial charge in [0.1, 0.15) is 77.4 Å². The summed E-state index contributed by atoms with van der Waals surface area (Å²) in [5.74, 6) is -19.1. The molecule has 11 bridgehead atoms. The Bertz CT molecular complexity index is 4410. The van der Waals surface area contributed by atoms with Gasteiger partial charge in [-0.15, -0.1) is 0 Å². The number of amides is 5. The Labute approximate surface area is 645 Å². The summed E-state index contributed by atoms with van der Waals surface area (Å²) in [5.41, 5.74) is 13.9. The SMILES string of the molecule is CC[C@H](CC(C)C)C(=O)NC1C(=O)C[C@@H](CC(N)=O)C(=O)N[C@H]2C(=O)CC3C(=O)N[C@H](C(=O)N[C@@H](C(=O)O)c4cc(O)cc(O)c4-c4cc3ccc4O)[C@H](OC3CC(C)(N)C(O)C(C)O3)c3ccc(c(Cl)c3)Oc3cc2cc(c3OC2OC(CO)C(O)C(O)C2OC2CC(C)(N)C(O)C(C)O2)Oc2ccc(cc2Cl)[C@H]1O. The second-order valence-corrected chi connectivity index (χ2v) is 30.9. The maximum absolute atomic E-state index is 16.5. The molecular weight excluding hydrogens is 1500 g/mol. The van der Waals surface area contributed by atoms with Crippen molar-refractivity contribution < 1.29 is 127 Å². The van der Waals surface area contributed by atoms with Crippen molar-refractivity contribution in [3.8, 4) is 57.1 Å². The molecule has 600 valence electrons. The molecule has 8 heterocycles. The third-order valence-electron chi connectivity index (χ3n) is 21.0. The number of carboxylic acids is 1. The fourth-order valence-corrected chi connectivity index (χ4v) is 15.5. The van der Waals surface area contributed by atoms with Gasteiger partial charge in [-0.1, -0.05) is 62.2 Å². The number of nitrogens with two attached hydrogens (primary N) is 3. The molecule has 3 saturated heterocycles. The van der Waals surface area contributed by atoms with Crippen molar-refractivity contribution >= 4 is 70.3 Å². The molecule has 20 N–H and O–H groups in total. The summed E-state index contributed by atoms with van der Waals surface area (Å²) in [6.07, 6.45) is -24.0. The maximum atomic E-state index is 16.5. The number of carbonyl (C=O) groups excluding carboxylic acids is 7. The van der Waals surface area contributed by atoms with E-state index in [2.05, 4.69) is 21.3 Å². The lowest BCUT2D eigenvalue weighted by atomic mass is 9.84. The van der Waals surface area contributed by atoms with Gasteiger partial charge in [-0.2, -0.15) is 0 Å². The van der Waals surface area contributed by atoms with Crippen LogP contribution in [0.25, 0.3) is 11.1 Å². The highest BCUT2D eigenvalue weighted by Gasteiger charge is 2.52. The van der Waals surface area contributed by atoms with Gasteiger partial charge in [0.2, 0.25) is 41.6 Å². The van der Waals surface area contributed by atoms with Crippen LogP contribution in [-0.2, 0) is 62.0 Å². The summed E-state index contributed by atoms with van der Waals surface area (Å²) >= 11 is 14.5. The third kappa shape index (κ3) is 17.8. The van der Waals surface area contributed by atoms with Crippen molar-refractivity contribution in [3.63, 3.8) is 0 Å². The highest BCUT2D eigenvalue weighted by atomic mass is 35.5. The van der Waals surface area contributed by atoms with Crippen LogP contribution in [0, 0.1) is 17.8 Å². The number of primary amides is 1. The molecule has 0 aliphatic carbocycles. The molecule has 0 aromatic heterocycles. The van der Waals surface area contributed by atoms with E-state index in [0.29, 0.717) is 6.42 Å². The van der Waals surface area contributed by atoms with E-state index in [9.17, 15) is 65.4 Å². The molecule has 13 rings (SSSR count). The summed E-state index contributed by atoms with van der Waals surface area (Å²) < 4.78 is 51.9. The van der Waals surface area contributed by atoms with Crippen molar-refractivity contribution in [1.29, 1.82) is 0 Å². The molecule has 33 nitrogen and oxygen atoms in total. The molecule has 5 aromatic rings. The monoisotopic (exact) mass is 1590 g/mol. The first-order valence-electron chi connectivity index (χ1n) is 36.1. The molecule has 0 spiro atoms. The van der Waals surface area contributed by atoms with Crippen LogP contribution in [0.1, 0.15) is 151 Å². The lowest BCUT2D eigenvalue weighted by Gasteiger charge is -2.47. The second-order valence-electron chi connectivity index (χ2n) is 30.1. The van der Waals surface area contributed by atoms with Gasteiger partial charge >= 0.3 is 5.97 Å². The Balaban J connectivity index is 1.19. The first-order valence-corrected chi connectivity index (χ1v) is 36.8. The number of carboxylic acid groups (broad SMARTS) is 1. The zero-order chi connectivity index (χ0) is 80.9. The Morgan fingerprint density at radius 2 is 1.28 bits per heavy atom. The first kappa shape index (κ1) is 83.1. The van der Waals surface area contributed by atoms with Crippen LogP contribution >= 0.6 is 23.2 Å². The van der Waals surface area contributed by atoms with Crippen molar-refractivity contribution in [2.45, 2.75) is 214 Å². The maximum Gasteiger partial charge on any atom is 0.330 e. The third-order valence-corrected chi connectivity index (χ3v) is 21.6. The lowest BCUT2D eigenvalue weighted by Crippen LogP contribution is -2.64. The van der Waals surface area contributed by atoms with Crippen molar-refractivity contribution in [2.75, 3.05) is 6.61 Å². The molecule has 0 radical (unpaired) electrons. The standard InChI is InChI=1S/C76H91Cl2N7O26/c1-8-32(15-29(2)3)69(98)84-59-46(90)19-37(22-53(79)92)70(99)82-57-36-20-50(106-48-13-10-34(61(59)93)17-42(48)77)65(111-74-66(63(95)62(94)52(28-86)108-74)110-55-27-76(7,81)68(97)31(5)105-55)51(21-36)107-49-14-11-35(18-43(49)78)64(109-54-26-75(6,80)67(96)30(4)104-54)60-72(101)83-58(73(102)103)41-23-38(87)24-45(89)56(41)40-16-33(9-12-44(40)88)39(25-47(57)91)71(100)85-60/h9-14,16-18,20-21,23-24,29-32,37,39,52,54-55,57-64,66-68,74,86-89,93-97H,8,15,19,22,25-28,80-81H2,1-7H3,(H2,79,92)(H,82,99)(H,83,101)(H,84,98)(H,85,100)(H,102,103)/t30?,31?,32-,37+,39?,52?,54?,55?,57-,58-,59?,60+,61-,62?,63?,64-,66?,67?,68?,74?,75?,76?/m1/s1. The molecule has 3 fully saturated rings. The number of aromatic hydroxyl groups is 3. The zero-order valence-corrected chi connectivity index (χ0v) is 62.8. The van der Waals surface area contributed by atoms with E-state index < -0.39 is 262 Å². The molecule has 5 amide bonds. The number of hydrogen-bond acceptors (Lipinski definition) is 27. The van der Waals surface area contributed by atoms with Gasteiger partial charge in [0.15, 0.2) is 47.8 Å². The number of phenolic OH excluding ortho intramolecular Hbond substituents is 3. The van der Waals surface area contributed by atoms with Crippen LogP contribution in [0.15, 0.2) is 78.9 Å². The number of aliphatic carboxylic acids is 1. The average molecular weight is 1590 g/mol. The van der Waals surface area contributed by atoms with Gasteiger partial charge in [0.05, 0.1) is 52.9 Å².